The lowest BCUT2D eigenvalue weighted by Gasteiger charge is -2.12. The molecule has 172 valence electrons. The van der Waals surface area contributed by atoms with E-state index in [2.05, 4.69) is 27.6 Å². The Hall–Kier alpha value is -3.98. The molecule has 1 heterocycles. The van der Waals surface area contributed by atoms with Gasteiger partial charge >= 0.3 is 0 Å². The number of nitro benzene ring substituents is 1. The molecule has 1 amide bonds. The molecule has 0 aliphatic heterocycles. The van der Waals surface area contributed by atoms with Gasteiger partial charge in [-0.05, 0) is 43.2 Å². The van der Waals surface area contributed by atoms with Crippen LogP contribution in [-0.4, -0.2) is 25.6 Å². The number of nitrogens with zero attached hydrogens (tertiary/aromatic N) is 4. The maximum Gasteiger partial charge on any atom is 0.269 e. The maximum absolute atomic E-state index is 12.7. The number of non-ortho nitro benzene ring substituents is 1. The minimum atomic E-state index is -0.438. The standard InChI is InChI=1S/C25H23N5O3S/c1-17-6-5-8-19(14-17)16-34-25-28-27-23(15-26-24(31)22-9-4-3-7-18(22)2)29(25)20-10-12-21(13-11-20)30(32)33/h3-14H,15-16H2,1-2H3,(H,26,31). The lowest BCUT2D eigenvalue weighted by molar-refractivity contribution is -0.384. The Balaban J connectivity index is 1.60. The lowest BCUT2D eigenvalue weighted by atomic mass is 10.1. The van der Waals surface area contributed by atoms with Crippen molar-refractivity contribution in [1.82, 2.24) is 20.1 Å². The number of hydrogen-bond acceptors (Lipinski definition) is 6. The third-order valence-electron chi connectivity index (χ3n) is 5.27. The number of carbonyl (C=O) groups excluding carboxylic acids is 1. The van der Waals surface area contributed by atoms with Crippen molar-refractivity contribution in [2.45, 2.75) is 31.3 Å². The van der Waals surface area contributed by atoms with Crippen molar-refractivity contribution >= 4 is 23.4 Å². The third-order valence-corrected chi connectivity index (χ3v) is 6.27. The van der Waals surface area contributed by atoms with Gasteiger partial charge in [0, 0.05) is 29.1 Å². The van der Waals surface area contributed by atoms with E-state index < -0.39 is 4.92 Å². The van der Waals surface area contributed by atoms with Crippen LogP contribution in [0.3, 0.4) is 0 Å². The number of aryl methyl sites for hydroxylation is 2. The number of amides is 1. The minimum Gasteiger partial charge on any atom is -0.345 e. The molecule has 4 rings (SSSR count). The van der Waals surface area contributed by atoms with E-state index in [4.69, 9.17) is 0 Å². The molecular weight excluding hydrogens is 450 g/mol. The van der Waals surface area contributed by atoms with Crippen LogP contribution in [0.5, 0.6) is 0 Å². The first-order valence-corrected chi connectivity index (χ1v) is 11.6. The molecule has 9 heteroatoms. The van der Waals surface area contributed by atoms with Crippen molar-refractivity contribution in [1.29, 1.82) is 0 Å². The highest BCUT2D eigenvalue weighted by Gasteiger charge is 2.17. The summed E-state index contributed by atoms with van der Waals surface area (Å²) >= 11 is 1.51. The summed E-state index contributed by atoms with van der Waals surface area (Å²) in [6, 6.07) is 21.8. The van der Waals surface area contributed by atoms with E-state index >= 15 is 0 Å². The molecule has 0 saturated heterocycles. The second-order valence-corrected chi connectivity index (χ2v) is 8.73. The molecule has 1 N–H and O–H groups in total. The average molecular weight is 474 g/mol. The number of hydrogen-bond donors (Lipinski definition) is 1. The van der Waals surface area contributed by atoms with Gasteiger partial charge in [0.2, 0.25) is 0 Å². The fourth-order valence-corrected chi connectivity index (χ4v) is 4.44. The summed E-state index contributed by atoms with van der Waals surface area (Å²) in [6.45, 7) is 4.08. The van der Waals surface area contributed by atoms with E-state index in [-0.39, 0.29) is 18.1 Å². The van der Waals surface area contributed by atoms with Crippen molar-refractivity contribution in [3.63, 3.8) is 0 Å². The fourth-order valence-electron chi connectivity index (χ4n) is 3.52. The molecule has 0 bridgehead atoms. The quantitative estimate of drug-likeness (QED) is 0.219. The molecule has 8 nitrogen and oxygen atoms in total. The maximum atomic E-state index is 12.7. The van der Waals surface area contributed by atoms with Gasteiger partial charge in [0.25, 0.3) is 11.6 Å². The number of benzene rings is 3. The molecule has 0 radical (unpaired) electrons. The molecule has 0 aliphatic carbocycles. The summed E-state index contributed by atoms with van der Waals surface area (Å²) in [5.41, 5.74) is 4.49. The topological polar surface area (TPSA) is 103 Å². The summed E-state index contributed by atoms with van der Waals surface area (Å²) in [6.07, 6.45) is 0. The second kappa shape index (κ2) is 10.3. The number of nitrogens with one attached hydrogen (secondary N) is 1. The molecule has 0 aliphatic rings. The number of aromatic nitrogens is 3. The zero-order valence-electron chi connectivity index (χ0n) is 18.8. The fraction of sp³-hybridized carbons (Fsp3) is 0.160. The Labute approximate surface area is 201 Å². The molecule has 0 fully saturated rings. The van der Waals surface area contributed by atoms with Crippen LogP contribution in [0.25, 0.3) is 5.69 Å². The molecule has 0 unspecified atom stereocenters. The first kappa shape index (κ1) is 23.2. The summed E-state index contributed by atoms with van der Waals surface area (Å²) in [4.78, 5) is 23.4. The summed E-state index contributed by atoms with van der Waals surface area (Å²) in [5, 5.41) is 23.3. The van der Waals surface area contributed by atoms with Crippen molar-refractivity contribution in [2.24, 2.45) is 0 Å². The largest absolute Gasteiger partial charge is 0.345 e. The molecule has 4 aromatic rings. The van der Waals surface area contributed by atoms with Gasteiger partial charge in [0.15, 0.2) is 11.0 Å². The third kappa shape index (κ3) is 5.32. The van der Waals surface area contributed by atoms with E-state index in [0.29, 0.717) is 28.0 Å². The van der Waals surface area contributed by atoms with Gasteiger partial charge in [0.1, 0.15) is 0 Å². The molecule has 3 aromatic carbocycles. The van der Waals surface area contributed by atoms with Gasteiger partial charge in [-0.2, -0.15) is 0 Å². The smallest absolute Gasteiger partial charge is 0.269 e. The van der Waals surface area contributed by atoms with Crippen molar-refractivity contribution in [2.75, 3.05) is 0 Å². The highest BCUT2D eigenvalue weighted by Crippen LogP contribution is 2.27. The molecule has 0 saturated carbocycles. The predicted molar refractivity (Wildman–Crippen MR) is 131 cm³/mol. The van der Waals surface area contributed by atoms with E-state index in [1.54, 1.807) is 18.2 Å². The highest BCUT2D eigenvalue weighted by atomic mass is 32.2. The highest BCUT2D eigenvalue weighted by molar-refractivity contribution is 7.98. The van der Waals surface area contributed by atoms with E-state index in [1.165, 1.54) is 29.5 Å². The van der Waals surface area contributed by atoms with E-state index in [1.807, 2.05) is 48.7 Å². The van der Waals surface area contributed by atoms with Gasteiger partial charge in [0.05, 0.1) is 11.5 Å². The Morgan fingerprint density at radius 3 is 2.50 bits per heavy atom. The second-order valence-electron chi connectivity index (χ2n) is 7.78. The zero-order chi connectivity index (χ0) is 24.1. The van der Waals surface area contributed by atoms with Crippen LogP contribution in [0.15, 0.2) is 78.0 Å². The number of carbonyl (C=O) groups is 1. The Morgan fingerprint density at radius 2 is 1.79 bits per heavy atom. The van der Waals surface area contributed by atoms with Crippen LogP contribution in [-0.2, 0) is 12.3 Å². The van der Waals surface area contributed by atoms with Crippen LogP contribution in [0.4, 0.5) is 5.69 Å². The Kier molecular flexibility index (Phi) is 7.03. The van der Waals surface area contributed by atoms with Gasteiger partial charge in [-0.3, -0.25) is 19.5 Å². The summed E-state index contributed by atoms with van der Waals surface area (Å²) in [5.74, 6) is 1.01. The van der Waals surface area contributed by atoms with Crippen LogP contribution in [0.2, 0.25) is 0 Å². The predicted octanol–water partition coefficient (Wildman–Crippen LogP) is 5.01. The SMILES string of the molecule is Cc1cccc(CSc2nnc(CNC(=O)c3ccccc3C)n2-c2ccc([N+](=O)[O-])cc2)c1. The Bertz CT molecular complexity index is 1330. The van der Waals surface area contributed by atoms with Crippen LogP contribution in [0.1, 0.15) is 32.9 Å². The molecule has 0 atom stereocenters. The number of thioether (sulfide) groups is 1. The van der Waals surface area contributed by atoms with Gasteiger partial charge in [-0.15, -0.1) is 10.2 Å². The van der Waals surface area contributed by atoms with E-state index in [0.717, 1.165) is 11.1 Å². The number of rotatable bonds is 8. The van der Waals surface area contributed by atoms with E-state index in [9.17, 15) is 14.9 Å². The van der Waals surface area contributed by atoms with Crippen molar-refractivity contribution in [3.05, 3.63) is 111 Å². The lowest BCUT2D eigenvalue weighted by Crippen LogP contribution is -2.25. The molecule has 0 spiro atoms. The van der Waals surface area contributed by atoms with Gasteiger partial charge in [-0.1, -0.05) is 59.8 Å². The zero-order valence-corrected chi connectivity index (χ0v) is 19.6. The summed E-state index contributed by atoms with van der Waals surface area (Å²) < 4.78 is 1.82. The number of nitro groups is 1. The normalized spacial score (nSPS) is 10.8. The Morgan fingerprint density at radius 1 is 1.03 bits per heavy atom. The van der Waals surface area contributed by atoms with Crippen LogP contribution in [0, 0.1) is 24.0 Å². The monoisotopic (exact) mass is 473 g/mol. The average Bonchev–Trinajstić information content (AvgIpc) is 3.24. The first-order valence-electron chi connectivity index (χ1n) is 10.6. The van der Waals surface area contributed by atoms with Gasteiger partial charge < -0.3 is 5.32 Å². The molecule has 34 heavy (non-hydrogen) atoms. The minimum absolute atomic E-state index is 0.000180. The van der Waals surface area contributed by atoms with Crippen LogP contribution >= 0.6 is 11.8 Å². The molecular formula is C25H23N5O3S. The first-order chi connectivity index (χ1) is 16.4. The molecule has 1 aromatic heterocycles. The van der Waals surface area contributed by atoms with Crippen molar-refractivity contribution < 1.29 is 9.72 Å². The van der Waals surface area contributed by atoms with Crippen LogP contribution < -0.4 is 5.32 Å². The summed E-state index contributed by atoms with van der Waals surface area (Å²) in [7, 11) is 0. The van der Waals surface area contributed by atoms with Crippen molar-refractivity contribution in [3.8, 4) is 5.69 Å². The van der Waals surface area contributed by atoms with Gasteiger partial charge in [-0.25, -0.2) is 0 Å².